The lowest BCUT2D eigenvalue weighted by Crippen LogP contribution is -2.16. The summed E-state index contributed by atoms with van der Waals surface area (Å²) in [4.78, 5) is 15.9. The normalized spacial score (nSPS) is 10.1. The van der Waals surface area contributed by atoms with Gasteiger partial charge in [0.25, 0.3) is 0 Å². The first-order valence-electron chi connectivity index (χ1n) is 5.65. The van der Waals surface area contributed by atoms with Crippen LogP contribution in [0.3, 0.4) is 0 Å². The van der Waals surface area contributed by atoms with Crippen molar-refractivity contribution in [3.05, 3.63) is 58.8 Å². The fraction of sp³-hybridized carbons (Fsp3) is 0.143. The smallest absolute Gasteiger partial charge is 0.157 e. The highest BCUT2D eigenvalue weighted by Gasteiger charge is 2.04. The highest BCUT2D eigenvalue weighted by atomic mass is 79.9. The molecule has 1 N–H and O–H groups in total. The SMILES string of the molecule is O=C(CNc1ccccc1)Cc1ccc(Br)cn1. The number of hydrogen-bond donors (Lipinski definition) is 1. The molecule has 0 aliphatic carbocycles. The lowest BCUT2D eigenvalue weighted by atomic mass is 10.2. The molecule has 0 radical (unpaired) electrons. The van der Waals surface area contributed by atoms with Gasteiger partial charge in [0.1, 0.15) is 0 Å². The molecule has 2 aromatic rings. The zero-order valence-corrected chi connectivity index (χ0v) is 11.4. The van der Waals surface area contributed by atoms with Gasteiger partial charge in [-0.15, -0.1) is 0 Å². The van der Waals surface area contributed by atoms with Gasteiger partial charge in [-0.05, 0) is 40.2 Å². The monoisotopic (exact) mass is 304 g/mol. The Morgan fingerprint density at radius 1 is 1.17 bits per heavy atom. The Morgan fingerprint density at radius 2 is 1.94 bits per heavy atom. The van der Waals surface area contributed by atoms with Crippen LogP contribution in [0, 0.1) is 0 Å². The van der Waals surface area contributed by atoms with Crippen molar-refractivity contribution in [2.75, 3.05) is 11.9 Å². The first-order valence-corrected chi connectivity index (χ1v) is 6.44. The second-order valence-electron chi connectivity index (χ2n) is 3.90. The van der Waals surface area contributed by atoms with Gasteiger partial charge in [0.15, 0.2) is 5.78 Å². The van der Waals surface area contributed by atoms with E-state index in [4.69, 9.17) is 0 Å². The zero-order chi connectivity index (χ0) is 12.8. The van der Waals surface area contributed by atoms with Gasteiger partial charge in [-0.25, -0.2) is 0 Å². The molecule has 18 heavy (non-hydrogen) atoms. The Balaban J connectivity index is 1.84. The van der Waals surface area contributed by atoms with Crippen LogP contribution >= 0.6 is 15.9 Å². The minimum Gasteiger partial charge on any atom is -0.378 e. The van der Waals surface area contributed by atoms with Crippen LogP contribution in [0.1, 0.15) is 5.69 Å². The number of rotatable bonds is 5. The molecule has 0 aliphatic heterocycles. The van der Waals surface area contributed by atoms with Gasteiger partial charge in [0, 0.05) is 22.1 Å². The average molecular weight is 305 g/mol. The van der Waals surface area contributed by atoms with Gasteiger partial charge < -0.3 is 5.32 Å². The Hall–Kier alpha value is -1.68. The molecule has 1 aromatic carbocycles. The van der Waals surface area contributed by atoms with Gasteiger partial charge in [0.05, 0.1) is 13.0 Å². The van der Waals surface area contributed by atoms with Crippen LogP contribution in [0.2, 0.25) is 0 Å². The number of ketones is 1. The van der Waals surface area contributed by atoms with Gasteiger partial charge >= 0.3 is 0 Å². The molecular weight excluding hydrogens is 292 g/mol. The van der Waals surface area contributed by atoms with Crippen LogP contribution in [0.25, 0.3) is 0 Å². The Bertz CT molecular complexity index is 511. The number of nitrogens with one attached hydrogen (secondary N) is 1. The third-order valence-corrected chi connectivity index (χ3v) is 2.90. The van der Waals surface area contributed by atoms with Crippen LogP contribution in [0.15, 0.2) is 53.1 Å². The summed E-state index contributed by atoms with van der Waals surface area (Å²) in [6, 6.07) is 13.4. The third kappa shape index (κ3) is 3.96. The number of anilines is 1. The summed E-state index contributed by atoms with van der Waals surface area (Å²) in [5.41, 5.74) is 1.74. The second-order valence-corrected chi connectivity index (χ2v) is 4.82. The number of aromatic nitrogens is 1. The van der Waals surface area contributed by atoms with Crippen molar-refractivity contribution in [1.29, 1.82) is 0 Å². The van der Waals surface area contributed by atoms with E-state index < -0.39 is 0 Å². The summed E-state index contributed by atoms with van der Waals surface area (Å²) in [5, 5.41) is 3.09. The number of carbonyl (C=O) groups excluding carboxylic acids is 1. The molecule has 0 saturated heterocycles. The van der Waals surface area contributed by atoms with E-state index in [1.165, 1.54) is 0 Å². The highest BCUT2D eigenvalue weighted by Crippen LogP contribution is 2.08. The minimum absolute atomic E-state index is 0.119. The third-order valence-electron chi connectivity index (χ3n) is 2.43. The Morgan fingerprint density at radius 3 is 2.61 bits per heavy atom. The second kappa shape index (κ2) is 6.31. The molecule has 1 heterocycles. The van der Waals surface area contributed by atoms with Crippen molar-refractivity contribution in [1.82, 2.24) is 4.98 Å². The van der Waals surface area contributed by atoms with Crippen molar-refractivity contribution in [3.63, 3.8) is 0 Å². The predicted octanol–water partition coefficient (Wildman–Crippen LogP) is 3.07. The number of halogens is 1. The first kappa shape index (κ1) is 12.8. The molecular formula is C14H13BrN2O. The standard InChI is InChI=1S/C14H13BrN2O/c15-11-6-7-13(16-9-11)8-14(18)10-17-12-4-2-1-3-5-12/h1-7,9,17H,8,10H2. The lowest BCUT2D eigenvalue weighted by Gasteiger charge is -2.05. The van der Waals surface area contributed by atoms with E-state index in [-0.39, 0.29) is 5.78 Å². The van der Waals surface area contributed by atoms with E-state index >= 15 is 0 Å². The minimum atomic E-state index is 0.119. The van der Waals surface area contributed by atoms with E-state index in [0.717, 1.165) is 15.9 Å². The number of carbonyl (C=O) groups is 1. The Kier molecular flexibility index (Phi) is 4.47. The molecule has 0 aliphatic rings. The van der Waals surface area contributed by atoms with Crippen LogP contribution in [0.5, 0.6) is 0 Å². The molecule has 3 nitrogen and oxygen atoms in total. The quantitative estimate of drug-likeness (QED) is 0.923. The summed E-state index contributed by atoms with van der Waals surface area (Å²) in [6.07, 6.45) is 2.06. The summed E-state index contributed by atoms with van der Waals surface area (Å²) in [5.74, 6) is 0.119. The van der Waals surface area contributed by atoms with Crippen molar-refractivity contribution < 1.29 is 4.79 Å². The molecule has 0 saturated carbocycles. The molecule has 0 atom stereocenters. The maximum absolute atomic E-state index is 11.8. The van der Waals surface area contributed by atoms with E-state index in [9.17, 15) is 4.79 Å². The topological polar surface area (TPSA) is 42.0 Å². The van der Waals surface area contributed by atoms with Crippen LogP contribution in [-0.2, 0) is 11.2 Å². The maximum Gasteiger partial charge on any atom is 0.157 e. The number of nitrogens with zero attached hydrogens (tertiary/aromatic N) is 1. The average Bonchev–Trinajstić information content (AvgIpc) is 2.40. The van der Waals surface area contributed by atoms with E-state index in [2.05, 4.69) is 26.2 Å². The van der Waals surface area contributed by atoms with Gasteiger partial charge in [-0.2, -0.15) is 0 Å². The fourth-order valence-electron chi connectivity index (χ4n) is 1.53. The Labute approximate surface area is 114 Å². The van der Waals surface area contributed by atoms with Gasteiger partial charge in [-0.3, -0.25) is 9.78 Å². The fourth-order valence-corrected chi connectivity index (χ4v) is 1.77. The summed E-state index contributed by atoms with van der Waals surface area (Å²) < 4.78 is 0.918. The molecule has 0 fully saturated rings. The highest BCUT2D eigenvalue weighted by molar-refractivity contribution is 9.10. The first-order chi connectivity index (χ1) is 8.74. The predicted molar refractivity (Wildman–Crippen MR) is 75.6 cm³/mol. The largest absolute Gasteiger partial charge is 0.378 e. The lowest BCUT2D eigenvalue weighted by molar-refractivity contribution is -0.116. The molecule has 0 bridgehead atoms. The van der Waals surface area contributed by atoms with Crippen LogP contribution in [0.4, 0.5) is 5.69 Å². The van der Waals surface area contributed by atoms with Crippen LogP contribution in [-0.4, -0.2) is 17.3 Å². The van der Waals surface area contributed by atoms with E-state index in [1.54, 1.807) is 6.20 Å². The van der Waals surface area contributed by atoms with Crippen LogP contribution < -0.4 is 5.32 Å². The number of Topliss-reactive ketones (excluding diaryl/α,β-unsaturated/α-hetero) is 1. The zero-order valence-electron chi connectivity index (χ0n) is 9.77. The molecule has 1 aromatic heterocycles. The van der Waals surface area contributed by atoms with E-state index in [0.29, 0.717) is 13.0 Å². The number of pyridine rings is 1. The molecule has 92 valence electrons. The van der Waals surface area contributed by atoms with Crippen molar-refractivity contribution in [2.45, 2.75) is 6.42 Å². The summed E-state index contributed by atoms with van der Waals surface area (Å²) in [6.45, 7) is 0.321. The van der Waals surface area contributed by atoms with Gasteiger partial charge in [0.2, 0.25) is 0 Å². The maximum atomic E-state index is 11.8. The van der Waals surface area contributed by atoms with Crippen molar-refractivity contribution >= 4 is 27.4 Å². The number of para-hydroxylation sites is 1. The molecule has 4 heteroatoms. The number of hydrogen-bond acceptors (Lipinski definition) is 3. The molecule has 0 amide bonds. The van der Waals surface area contributed by atoms with Crippen molar-refractivity contribution in [2.24, 2.45) is 0 Å². The van der Waals surface area contributed by atoms with Crippen molar-refractivity contribution in [3.8, 4) is 0 Å². The van der Waals surface area contributed by atoms with E-state index in [1.807, 2.05) is 42.5 Å². The molecule has 2 rings (SSSR count). The molecule has 0 unspecified atom stereocenters. The summed E-state index contributed by atoms with van der Waals surface area (Å²) >= 11 is 3.31. The molecule has 0 spiro atoms. The summed E-state index contributed by atoms with van der Waals surface area (Å²) in [7, 11) is 0. The number of benzene rings is 1. The van der Waals surface area contributed by atoms with Gasteiger partial charge in [-0.1, -0.05) is 18.2 Å².